The number of carbonyl (C=O) groups excluding carboxylic acids is 1. The molecule has 0 N–H and O–H groups in total. The molecule has 112 valence electrons. The second-order valence-corrected chi connectivity index (χ2v) is 5.89. The number of ether oxygens (including phenoxy) is 1. The molecule has 0 aliphatic carbocycles. The van der Waals surface area contributed by atoms with Crippen LogP contribution >= 0.6 is 0 Å². The number of carbonyl (C=O) groups is 1. The van der Waals surface area contributed by atoms with Crippen molar-refractivity contribution in [2.24, 2.45) is 0 Å². The first kappa shape index (κ1) is 14.1. The van der Waals surface area contributed by atoms with Crippen molar-refractivity contribution >= 4 is 11.6 Å². The summed E-state index contributed by atoms with van der Waals surface area (Å²) in [7, 11) is 0. The predicted octanol–water partition coefficient (Wildman–Crippen LogP) is 1.82. The maximum absolute atomic E-state index is 12.4. The Kier molecular flexibility index (Phi) is 3.68. The van der Waals surface area contributed by atoms with Crippen LogP contribution in [0.1, 0.15) is 25.1 Å². The van der Waals surface area contributed by atoms with E-state index < -0.39 is 0 Å². The zero-order valence-electron chi connectivity index (χ0n) is 12.7. The molecule has 5 heteroatoms. The molecule has 3 rings (SSSR count). The lowest BCUT2D eigenvalue weighted by molar-refractivity contribution is -0.142. The molecule has 21 heavy (non-hydrogen) atoms. The summed E-state index contributed by atoms with van der Waals surface area (Å²) in [6.07, 6.45) is 4.44. The molecule has 2 aromatic rings. The van der Waals surface area contributed by atoms with Gasteiger partial charge in [-0.2, -0.15) is 0 Å². The number of hydrogen-bond donors (Lipinski definition) is 0. The minimum Gasteiger partial charge on any atom is -0.372 e. The van der Waals surface area contributed by atoms with Gasteiger partial charge in [-0.15, -0.1) is 0 Å². The lowest BCUT2D eigenvalue weighted by Gasteiger charge is -2.35. The van der Waals surface area contributed by atoms with E-state index in [0.717, 1.165) is 16.9 Å². The summed E-state index contributed by atoms with van der Waals surface area (Å²) < 4.78 is 7.64. The highest BCUT2D eigenvalue weighted by molar-refractivity contribution is 5.78. The number of amides is 1. The maximum atomic E-state index is 12.4. The predicted molar refractivity (Wildman–Crippen MR) is 80.2 cm³/mol. The van der Waals surface area contributed by atoms with Gasteiger partial charge in [-0.25, -0.2) is 4.98 Å². The Hall–Kier alpha value is -1.88. The second kappa shape index (κ2) is 5.48. The Morgan fingerprint density at radius 1 is 1.38 bits per heavy atom. The minimum absolute atomic E-state index is 0.0982. The average molecular weight is 287 g/mol. The van der Waals surface area contributed by atoms with Crippen LogP contribution in [0.5, 0.6) is 0 Å². The van der Waals surface area contributed by atoms with Gasteiger partial charge in [0.2, 0.25) is 5.91 Å². The van der Waals surface area contributed by atoms with Crippen molar-refractivity contribution in [3.63, 3.8) is 0 Å². The first-order chi connectivity index (χ1) is 10.0. The molecule has 2 unspecified atom stereocenters. The summed E-state index contributed by atoms with van der Waals surface area (Å²) in [6, 6.07) is 4.01. The van der Waals surface area contributed by atoms with E-state index in [-0.39, 0.29) is 18.1 Å². The number of rotatable bonds is 2. The third kappa shape index (κ3) is 2.93. The van der Waals surface area contributed by atoms with Crippen LogP contribution in [0.4, 0.5) is 0 Å². The number of nitrogens with zero attached hydrogens (tertiary/aromatic N) is 3. The first-order valence-electron chi connectivity index (χ1n) is 7.39. The minimum atomic E-state index is 0.0982. The number of morpholine rings is 1. The Bertz CT molecular complexity index is 655. The molecule has 0 bridgehead atoms. The van der Waals surface area contributed by atoms with Gasteiger partial charge in [0.05, 0.1) is 24.3 Å². The van der Waals surface area contributed by atoms with Gasteiger partial charge in [-0.1, -0.05) is 6.07 Å². The van der Waals surface area contributed by atoms with Crippen molar-refractivity contribution in [2.75, 3.05) is 13.1 Å². The quantitative estimate of drug-likeness (QED) is 0.846. The maximum Gasteiger partial charge on any atom is 0.228 e. The van der Waals surface area contributed by atoms with Gasteiger partial charge >= 0.3 is 0 Å². The van der Waals surface area contributed by atoms with E-state index in [0.29, 0.717) is 19.5 Å². The van der Waals surface area contributed by atoms with Crippen molar-refractivity contribution in [2.45, 2.75) is 39.4 Å². The molecular weight excluding hydrogens is 266 g/mol. The van der Waals surface area contributed by atoms with Crippen LogP contribution in [0.25, 0.3) is 5.65 Å². The van der Waals surface area contributed by atoms with Crippen LogP contribution in [0.15, 0.2) is 24.5 Å². The monoisotopic (exact) mass is 287 g/mol. The number of fused-ring (bicyclic) bond motifs is 1. The van der Waals surface area contributed by atoms with E-state index in [2.05, 4.69) is 4.98 Å². The standard InChI is InChI=1S/C16H21N3O2/c1-11-5-4-6-18-10-14(17-16(11)18)7-15(20)19-8-12(2)21-13(3)9-19/h4-6,10,12-13H,7-9H2,1-3H3. The SMILES string of the molecule is Cc1cccn2cc(CC(=O)N3CC(C)OC(C)C3)nc12. The third-order valence-electron chi connectivity index (χ3n) is 3.83. The zero-order chi connectivity index (χ0) is 15.0. The van der Waals surface area contributed by atoms with E-state index in [4.69, 9.17) is 4.74 Å². The fourth-order valence-corrected chi connectivity index (χ4v) is 2.94. The van der Waals surface area contributed by atoms with Gasteiger partial charge in [0.1, 0.15) is 5.65 Å². The van der Waals surface area contributed by atoms with Gasteiger partial charge in [-0.05, 0) is 32.4 Å². The molecule has 1 fully saturated rings. The van der Waals surface area contributed by atoms with Crippen molar-refractivity contribution in [3.8, 4) is 0 Å². The fourth-order valence-electron chi connectivity index (χ4n) is 2.94. The molecule has 1 amide bonds. The van der Waals surface area contributed by atoms with Crippen LogP contribution in [-0.2, 0) is 16.0 Å². The molecule has 2 atom stereocenters. The van der Waals surface area contributed by atoms with Crippen LogP contribution < -0.4 is 0 Å². The Morgan fingerprint density at radius 3 is 2.76 bits per heavy atom. The lowest BCUT2D eigenvalue weighted by Crippen LogP contribution is -2.48. The highest BCUT2D eigenvalue weighted by Gasteiger charge is 2.26. The molecule has 3 heterocycles. The third-order valence-corrected chi connectivity index (χ3v) is 3.83. The van der Waals surface area contributed by atoms with Crippen molar-refractivity contribution in [1.82, 2.24) is 14.3 Å². The van der Waals surface area contributed by atoms with Crippen molar-refractivity contribution in [3.05, 3.63) is 35.8 Å². The number of hydrogen-bond acceptors (Lipinski definition) is 3. The van der Waals surface area contributed by atoms with E-state index >= 15 is 0 Å². The second-order valence-electron chi connectivity index (χ2n) is 5.89. The van der Waals surface area contributed by atoms with E-state index in [1.165, 1.54) is 0 Å². The fraction of sp³-hybridized carbons (Fsp3) is 0.500. The summed E-state index contributed by atoms with van der Waals surface area (Å²) in [4.78, 5) is 18.9. The van der Waals surface area contributed by atoms with E-state index in [9.17, 15) is 4.79 Å². The molecule has 0 spiro atoms. The van der Waals surface area contributed by atoms with Gasteiger partial charge in [-0.3, -0.25) is 4.79 Å². The molecule has 2 aromatic heterocycles. The molecule has 1 aliphatic rings. The molecule has 0 radical (unpaired) electrons. The van der Waals surface area contributed by atoms with Crippen molar-refractivity contribution < 1.29 is 9.53 Å². The van der Waals surface area contributed by atoms with Crippen LogP contribution in [0, 0.1) is 6.92 Å². The zero-order valence-corrected chi connectivity index (χ0v) is 12.7. The number of aromatic nitrogens is 2. The number of pyridine rings is 1. The lowest BCUT2D eigenvalue weighted by atomic mass is 10.2. The Morgan fingerprint density at radius 2 is 2.10 bits per heavy atom. The van der Waals surface area contributed by atoms with Crippen molar-refractivity contribution in [1.29, 1.82) is 0 Å². The van der Waals surface area contributed by atoms with Gasteiger partial charge in [0.25, 0.3) is 0 Å². The topological polar surface area (TPSA) is 46.8 Å². The van der Waals surface area contributed by atoms with E-state index in [1.807, 2.05) is 54.6 Å². The summed E-state index contributed by atoms with van der Waals surface area (Å²) in [5.41, 5.74) is 2.86. The summed E-state index contributed by atoms with van der Waals surface area (Å²) in [6.45, 7) is 7.36. The first-order valence-corrected chi connectivity index (χ1v) is 7.39. The van der Waals surface area contributed by atoms with Gasteiger partial charge in [0, 0.05) is 25.5 Å². The molecule has 0 aromatic carbocycles. The largest absolute Gasteiger partial charge is 0.372 e. The normalized spacial score (nSPS) is 22.7. The summed E-state index contributed by atoms with van der Waals surface area (Å²) in [5, 5.41) is 0. The smallest absolute Gasteiger partial charge is 0.228 e. The molecule has 5 nitrogen and oxygen atoms in total. The van der Waals surface area contributed by atoms with Gasteiger partial charge < -0.3 is 14.0 Å². The Labute approximate surface area is 124 Å². The van der Waals surface area contributed by atoms with Crippen LogP contribution in [0.3, 0.4) is 0 Å². The number of aryl methyl sites for hydroxylation is 1. The highest BCUT2D eigenvalue weighted by atomic mass is 16.5. The summed E-state index contributed by atoms with van der Waals surface area (Å²) in [5.74, 6) is 0.123. The molecule has 1 saturated heterocycles. The number of imidazole rings is 1. The molecule has 0 saturated carbocycles. The Balaban J connectivity index is 1.75. The molecular formula is C16H21N3O2. The van der Waals surface area contributed by atoms with Crippen LogP contribution in [-0.4, -0.2) is 45.5 Å². The van der Waals surface area contributed by atoms with Crippen LogP contribution in [0.2, 0.25) is 0 Å². The average Bonchev–Trinajstić information content (AvgIpc) is 2.81. The molecule has 1 aliphatic heterocycles. The highest BCUT2D eigenvalue weighted by Crippen LogP contribution is 2.14. The van der Waals surface area contributed by atoms with Gasteiger partial charge in [0.15, 0.2) is 0 Å². The summed E-state index contributed by atoms with van der Waals surface area (Å²) >= 11 is 0. The van der Waals surface area contributed by atoms with E-state index in [1.54, 1.807) is 0 Å².